The monoisotopic (exact) mass is 616 g/mol. The molecule has 0 spiro atoms. The largest absolute Gasteiger partial charge is 0.352 e. The summed E-state index contributed by atoms with van der Waals surface area (Å²) in [6, 6.07) is 4.70. The number of hydrogen-bond acceptors (Lipinski definition) is 8. The van der Waals surface area contributed by atoms with Crippen molar-refractivity contribution in [3.05, 3.63) is 29.8 Å². The van der Waals surface area contributed by atoms with Crippen LogP contribution in [0.3, 0.4) is 0 Å². The summed E-state index contributed by atoms with van der Waals surface area (Å²) >= 11 is 0. The Hall–Kier alpha value is -4.49. The number of nitrogens with two attached hydrogens (primary N) is 1. The molecule has 0 aliphatic carbocycles. The van der Waals surface area contributed by atoms with E-state index in [1.54, 1.807) is 26.0 Å². The van der Waals surface area contributed by atoms with E-state index in [9.17, 15) is 33.6 Å². The van der Waals surface area contributed by atoms with Gasteiger partial charge in [0.2, 0.25) is 17.7 Å². The highest BCUT2D eigenvalue weighted by Crippen LogP contribution is 2.15. The average Bonchev–Trinajstić information content (AvgIpc) is 3.27. The van der Waals surface area contributed by atoms with E-state index >= 15 is 0 Å². The van der Waals surface area contributed by atoms with E-state index in [2.05, 4.69) is 21.3 Å². The van der Waals surface area contributed by atoms with E-state index in [1.807, 2.05) is 19.1 Å². The smallest absolute Gasteiger partial charge is 0.333 e. The molecule has 1 aliphatic rings. The van der Waals surface area contributed by atoms with Gasteiger partial charge in [0.1, 0.15) is 12.1 Å². The minimum atomic E-state index is -0.926. The van der Waals surface area contributed by atoms with Gasteiger partial charge in [0.05, 0.1) is 0 Å². The fraction of sp³-hybridized carbons (Fsp3) is 0.567. The molecule has 1 aliphatic heterocycles. The number of rotatable bonds is 18. The summed E-state index contributed by atoms with van der Waals surface area (Å²) in [5.41, 5.74) is 6.70. The number of amides is 7. The number of urea groups is 1. The molecule has 1 aromatic carbocycles. The van der Waals surface area contributed by atoms with E-state index in [-0.39, 0.29) is 50.5 Å². The van der Waals surface area contributed by atoms with Crippen LogP contribution in [0, 0.1) is 12.8 Å². The Morgan fingerprint density at radius 3 is 2.07 bits per heavy atom. The van der Waals surface area contributed by atoms with Gasteiger partial charge in [0.25, 0.3) is 11.8 Å². The average molecular weight is 617 g/mol. The molecule has 1 heterocycles. The maximum absolute atomic E-state index is 13.2. The van der Waals surface area contributed by atoms with Gasteiger partial charge in [-0.3, -0.25) is 24.0 Å². The van der Waals surface area contributed by atoms with Crippen molar-refractivity contribution in [2.45, 2.75) is 97.1 Å². The number of primary amides is 1. The van der Waals surface area contributed by atoms with E-state index in [4.69, 9.17) is 10.6 Å². The second-order valence-electron chi connectivity index (χ2n) is 11.1. The number of nitrogens with one attached hydrogen (secondary N) is 4. The van der Waals surface area contributed by atoms with Crippen LogP contribution in [0.4, 0.5) is 10.5 Å². The third kappa shape index (κ3) is 12.8. The first kappa shape index (κ1) is 35.7. The highest BCUT2D eigenvalue weighted by molar-refractivity contribution is 6.01. The lowest BCUT2D eigenvalue weighted by atomic mass is 10.0. The van der Waals surface area contributed by atoms with Gasteiger partial charge >= 0.3 is 12.0 Å². The predicted octanol–water partition coefficient (Wildman–Crippen LogP) is 1.96. The molecule has 14 heteroatoms. The fourth-order valence-corrected chi connectivity index (χ4v) is 4.41. The standard InChI is InChI=1S/C30H44N6O8/c1-19(2)27(35-23(37)10-6-4-5-7-11-26(40)44-36-24(38)16-17-25(36)39)29(42)34-22(9-8-18-32-30(31)43)28(41)33-21-14-12-20(3)13-15-21/h12-15,19,22,27H,4-11,16-18H2,1-3H3,(H,33,41)(H,34,42)(H,35,37)(H3,31,32,43)/t22-,27-/m0/s1. The number of hydrogen-bond donors (Lipinski definition) is 5. The number of carbonyl (C=O) groups is 7. The van der Waals surface area contributed by atoms with Gasteiger partial charge < -0.3 is 31.8 Å². The van der Waals surface area contributed by atoms with Crippen LogP contribution in [0.25, 0.3) is 0 Å². The van der Waals surface area contributed by atoms with Gasteiger partial charge in [-0.05, 0) is 50.7 Å². The van der Waals surface area contributed by atoms with Crippen LogP contribution in [0.2, 0.25) is 0 Å². The molecular weight excluding hydrogens is 572 g/mol. The maximum Gasteiger partial charge on any atom is 0.333 e. The van der Waals surface area contributed by atoms with Crippen molar-refractivity contribution in [2.75, 3.05) is 11.9 Å². The highest BCUT2D eigenvalue weighted by Gasteiger charge is 2.32. The molecule has 6 N–H and O–H groups in total. The number of hydroxylamine groups is 2. The number of benzene rings is 1. The van der Waals surface area contributed by atoms with Crippen molar-refractivity contribution in [1.29, 1.82) is 0 Å². The molecule has 1 saturated heterocycles. The number of anilines is 1. The van der Waals surface area contributed by atoms with Gasteiger partial charge in [-0.1, -0.05) is 44.4 Å². The van der Waals surface area contributed by atoms with Gasteiger partial charge in [0, 0.05) is 37.9 Å². The summed E-state index contributed by atoms with van der Waals surface area (Å²) in [4.78, 5) is 89.7. The minimum absolute atomic E-state index is 0.0353. The first-order valence-electron chi connectivity index (χ1n) is 14.9. The quantitative estimate of drug-likeness (QED) is 0.121. The summed E-state index contributed by atoms with van der Waals surface area (Å²) < 4.78 is 0. The SMILES string of the molecule is Cc1ccc(NC(=O)[C@H](CCCNC(N)=O)NC(=O)[C@@H](NC(=O)CCCCCCC(=O)ON2C(=O)CCC2=O)C(C)C)cc1. The van der Waals surface area contributed by atoms with E-state index < -0.39 is 47.7 Å². The molecule has 242 valence electrons. The molecule has 0 bridgehead atoms. The molecule has 14 nitrogen and oxygen atoms in total. The third-order valence-electron chi connectivity index (χ3n) is 6.92. The van der Waals surface area contributed by atoms with Crippen LogP contribution >= 0.6 is 0 Å². The Morgan fingerprint density at radius 1 is 0.864 bits per heavy atom. The summed E-state index contributed by atoms with van der Waals surface area (Å²) in [7, 11) is 0. The van der Waals surface area contributed by atoms with Crippen molar-refractivity contribution in [2.24, 2.45) is 11.7 Å². The summed E-state index contributed by atoms with van der Waals surface area (Å²) in [5.74, 6) is -3.24. The number of carbonyl (C=O) groups excluding carboxylic acids is 7. The third-order valence-corrected chi connectivity index (χ3v) is 6.92. The van der Waals surface area contributed by atoms with Crippen molar-refractivity contribution in [3.8, 4) is 0 Å². The van der Waals surface area contributed by atoms with Gasteiger partial charge in [0.15, 0.2) is 0 Å². The van der Waals surface area contributed by atoms with Crippen LogP contribution in [0.1, 0.15) is 83.6 Å². The number of imide groups is 1. The second kappa shape index (κ2) is 18.2. The normalized spacial score (nSPS) is 14.1. The number of nitrogens with zero attached hydrogens (tertiary/aromatic N) is 1. The Labute approximate surface area is 257 Å². The number of unbranched alkanes of at least 4 members (excludes halogenated alkanes) is 3. The molecule has 1 fully saturated rings. The van der Waals surface area contributed by atoms with Gasteiger partial charge in [-0.2, -0.15) is 0 Å². The Morgan fingerprint density at radius 2 is 1.48 bits per heavy atom. The maximum atomic E-state index is 13.2. The first-order chi connectivity index (χ1) is 20.9. The van der Waals surface area contributed by atoms with Crippen molar-refractivity contribution in [1.82, 2.24) is 21.0 Å². The summed E-state index contributed by atoms with van der Waals surface area (Å²) in [5, 5.41) is 11.3. The Bertz CT molecular complexity index is 1170. The van der Waals surface area contributed by atoms with Crippen LogP contribution in [-0.4, -0.2) is 65.2 Å². The molecule has 1 aromatic rings. The zero-order valence-corrected chi connectivity index (χ0v) is 25.6. The molecule has 0 aromatic heterocycles. The predicted molar refractivity (Wildman–Crippen MR) is 160 cm³/mol. The van der Waals surface area contributed by atoms with Crippen LogP contribution in [-0.2, 0) is 33.6 Å². The Kier molecular flexibility index (Phi) is 14.8. The lowest BCUT2D eigenvalue weighted by Gasteiger charge is -2.25. The van der Waals surface area contributed by atoms with Crippen molar-refractivity contribution >= 4 is 47.2 Å². The topological polar surface area (TPSA) is 206 Å². The van der Waals surface area contributed by atoms with Crippen LogP contribution in [0.15, 0.2) is 24.3 Å². The first-order valence-corrected chi connectivity index (χ1v) is 14.9. The minimum Gasteiger partial charge on any atom is -0.352 e. The molecule has 2 rings (SSSR count). The zero-order valence-electron chi connectivity index (χ0n) is 25.6. The number of aryl methyl sites for hydroxylation is 1. The molecule has 44 heavy (non-hydrogen) atoms. The van der Waals surface area contributed by atoms with E-state index in [0.29, 0.717) is 42.9 Å². The van der Waals surface area contributed by atoms with Gasteiger partial charge in [-0.25, -0.2) is 9.59 Å². The van der Waals surface area contributed by atoms with Crippen LogP contribution in [0.5, 0.6) is 0 Å². The van der Waals surface area contributed by atoms with E-state index in [0.717, 1.165) is 5.56 Å². The molecule has 0 radical (unpaired) electrons. The highest BCUT2D eigenvalue weighted by atomic mass is 16.7. The molecule has 0 saturated carbocycles. The van der Waals surface area contributed by atoms with Gasteiger partial charge in [-0.15, -0.1) is 5.06 Å². The lowest BCUT2D eigenvalue weighted by molar-refractivity contribution is -0.197. The summed E-state index contributed by atoms with van der Waals surface area (Å²) in [6.07, 6.45) is 3.12. The van der Waals surface area contributed by atoms with E-state index in [1.165, 1.54) is 0 Å². The molecule has 0 unspecified atom stereocenters. The zero-order chi connectivity index (χ0) is 32.6. The lowest BCUT2D eigenvalue weighted by Crippen LogP contribution is -2.54. The summed E-state index contributed by atoms with van der Waals surface area (Å²) in [6.45, 7) is 5.71. The van der Waals surface area contributed by atoms with Crippen molar-refractivity contribution in [3.63, 3.8) is 0 Å². The van der Waals surface area contributed by atoms with Crippen LogP contribution < -0.4 is 27.0 Å². The second-order valence-corrected chi connectivity index (χ2v) is 11.1. The fourth-order valence-electron chi connectivity index (χ4n) is 4.41. The molecular formula is C30H44N6O8. The van der Waals surface area contributed by atoms with Crippen molar-refractivity contribution < 1.29 is 38.4 Å². The Balaban J connectivity index is 1.82. The molecule has 7 amide bonds. The molecule has 2 atom stereocenters.